The number of nitrogens with zero attached hydrogens (tertiary/aromatic N) is 3. The predicted octanol–water partition coefficient (Wildman–Crippen LogP) is 3.39. The zero-order chi connectivity index (χ0) is 21.0. The number of pyridine rings is 1. The first-order valence-electron chi connectivity index (χ1n) is 10.3. The van der Waals surface area contributed by atoms with Gasteiger partial charge in [-0.05, 0) is 49.9 Å². The lowest BCUT2D eigenvalue weighted by Gasteiger charge is -2.29. The third-order valence-corrected chi connectivity index (χ3v) is 5.49. The summed E-state index contributed by atoms with van der Waals surface area (Å²) in [6, 6.07) is 9.45. The smallest absolute Gasteiger partial charge is 0.254 e. The van der Waals surface area contributed by atoms with Crippen molar-refractivity contribution >= 4 is 5.91 Å². The van der Waals surface area contributed by atoms with Crippen LogP contribution in [-0.2, 0) is 0 Å². The molecule has 1 aliphatic carbocycles. The summed E-state index contributed by atoms with van der Waals surface area (Å²) in [4.78, 5) is 25.2. The zero-order valence-corrected chi connectivity index (χ0v) is 16.9. The van der Waals surface area contributed by atoms with Crippen LogP contribution in [-0.4, -0.2) is 39.8 Å². The average molecular weight is 418 g/mol. The van der Waals surface area contributed by atoms with Gasteiger partial charge in [-0.15, -0.1) is 0 Å². The fraction of sp³-hybridized carbons (Fsp3) is 0.304. The minimum absolute atomic E-state index is 0.113. The van der Waals surface area contributed by atoms with Crippen molar-refractivity contribution in [3.8, 4) is 28.6 Å². The Bertz CT molecular complexity index is 1050. The molecule has 0 radical (unpaired) electrons. The highest BCUT2D eigenvalue weighted by Crippen LogP contribution is 2.36. The van der Waals surface area contributed by atoms with Crippen molar-refractivity contribution in [3.63, 3.8) is 0 Å². The molecule has 0 bridgehead atoms. The standard InChI is InChI=1S/C23H22N4O4/c28-23(16-12-25-22(26-13-16)15-2-1-9-24-11-15)27-17-3-5-18(6-4-17)31-19-7-8-20-21(10-19)30-14-29-20/h1-2,7-13,17-18H,3-6,14H2,(H,27,28). The monoisotopic (exact) mass is 418 g/mol. The normalized spacial score (nSPS) is 19.6. The summed E-state index contributed by atoms with van der Waals surface area (Å²) >= 11 is 0. The van der Waals surface area contributed by atoms with Gasteiger partial charge < -0.3 is 19.5 Å². The lowest BCUT2D eigenvalue weighted by molar-refractivity contribution is 0.0893. The Balaban J connectivity index is 1.12. The number of carbonyl (C=O) groups excluding carboxylic acids is 1. The summed E-state index contributed by atoms with van der Waals surface area (Å²) < 4.78 is 16.8. The summed E-state index contributed by atoms with van der Waals surface area (Å²) in [7, 11) is 0. The topological polar surface area (TPSA) is 95.5 Å². The largest absolute Gasteiger partial charge is 0.490 e. The molecule has 1 saturated carbocycles. The van der Waals surface area contributed by atoms with Crippen LogP contribution < -0.4 is 19.5 Å². The molecule has 8 heteroatoms. The van der Waals surface area contributed by atoms with E-state index in [9.17, 15) is 4.79 Å². The van der Waals surface area contributed by atoms with E-state index < -0.39 is 0 Å². The summed E-state index contributed by atoms with van der Waals surface area (Å²) in [6.07, 6.45) is 10.1. The Kier molecular flexibility index (Phi) is 5.35. The molecule has 1 aliphatic heterocycles. The van der Waals surface area contributed by atoms with Crippen LogP contribution in [0, 0.1) is 0 Å². The van der Waals surface area contributed by atoms with Crippen LogP contribution >= 0.6 is 0 Å². The maximum atomic E-state index is 12.6. The van der Waals surface area contributed by atoms with Crippen molar-refractivity contribution in [1.82, 2.24) is 20.3 Å². The molecule has 0 spiro atoms. The molecule has 5 rings (SSSR count). The first kappa shape index (κ1) is 19.3. The van der Waals surface area contributed by atoms with E-state index in [2.05, 4.69) is 20.3 Å². The fourth-order valence-corrected chi connectivity index (χ4v) is 3.83. The number of amides is 1. The molecule has 1 fully saturated rings. The zero-order valence-electron chi connectivity index (χ0n) is 16.9. The van der Waals surface area contributed by atoms with E-state index in [1.54, 1.807) is 24.8 Å². The van der Waals surface area contributed by atoms with Crippen LogP contribution in [0.4, 0.5) is 0 Å². The minimum atomic E-state index is -0.155. The van der Waals surface area contributed by atoms with Gasteiger partial charge in [0.05, 0.1) is 11.7 Å². The minimum Gasteiger partial charge on any atom is -0.490 e. The number of hydrogen-bond acceptors (Lipinski definition) is 7. The molecule has 2 aliphatic rings. The number of fused-ring (bicyclic) bond motifs is 1. The van der Waals surface area contributed by atoms with Gasteiger partial charge >= 0.3 is 0 Å². The van der Waals surface area contributed by atoms with Crippen LogP contribution in [0.2, 0.25) is 0 Å². The van der Waals surface area contributed by atoms with Gasteiger partial charge in [0.2, 0.25) is 6.79 Å². The number of carbonyl (C=O) groups is 1. The van der Waals surface area contributed by atoms with Gasteiger partial charge in [0.15, 0.2) is 17.3 Å². The first-order chi connectivity index (χ1) is 15.2. The average Bonchev–Trinajstić information content (AvgIpc) is 3.29. The number of ether oxygens (including phenoxy) is 3. The molecule has 1 amide bonds. The quantitative estimate of drug-likeness (QED) is 0.679. The maximum Gasteiger partial charge on any atom is 0.254 e. The lowest BCUT2D eigenvalue weighted by Crippen LogP contribution is -2.39. The second-order valence-corrected chi connectivity index (χ2v) is 7.62. The van der Waals surface area contributed by atoms with E-state index in [4.69, 9.17) is 14.2 Å². The van der Waals surface area contributed by atoms with Crippen LogP contribution in [0.15, 0.2) is 55.1 Å². The fourth-order valence-electron chi connectivity index (χ4n) is 3.83. The summed E-state index contributed by atoms with van der Waals surface area (Å²) in [5.41, 5.74) is 1.27. The van der Waals surface area contributed by atoms with E-state index >= 15 is 0 Å². The third kappa shape index (κ3) is 4.42. The van der Waals surface area contributed by atoms with Crippen LogP contribution in [0.5, 0.6) is 17.2 Å². The van der Waals surface area contributed by atoms with E-state index in [1.807, 2.05) is 30.3 Å². The highest BCUT2D eigenvalue weighted by atomic mass is 16.7. The number of rotatable bonds is 5. The van der Waals surface area contributed by atoms with Crippen LogP contribution in [0.3, 0.4) is 0 Å². The molecule has 0 unspecified atom stereocenters. The SMILES string of the molecule is O=C(NC1CCC(Oc2ccc3c(c2)OCO3)CC1)c1cnc(-c2cccnc2)nc1. The van der Waals surface area contributed by atoms with Crippen LogP contribution in [0.1, 0.15) is 36.0 Å². The number of nitrogens with one attached hydrogen (secondary N) is 1. The van der Waals surface area contributed by atoms with Gasteiger partial charge in [0.1, 0.15) is 5.75 Å². The molecule has 3 aromatic rings. The van der Waals surface area contributed by atoms with Crippen molar-refractivity contribution in [1.29, 1.82) is 0 Å². The molecule has 3 heterocycles. The van der Waals surface area contributed by atoms with Gasteiger partial charge in [-0.3, -0.25) is 9.78 Å². The highest BCUT2D eigenvalue weighted by molar-refractivity contribution is 5.93. The molecular weight excluding hydrogens is 396 g/mol. The van der Waals surface area contributed by atoms with Crippen LogP contribution in [0.25, 0.3) is 11.4 Å². The number of aromatic nitrogens is 3. The van der Waals surface area contributed by atoms with Crippen molar-refractivity contribution in [3.05, 3.63) is 60.7 Å². The molecule has 8 nitrogen and oxygen atoms in total. The van der Waals surface area contributed by atoms with Gasteiger partial charge in [0, 0.05) is 42.5 Å². The Labute approximate surface area is 179 Å². The van der Waals surface area contributed by atoms with Gasteiger partial charge in [-0.25, -0.2) is 9.97 Å². The van der Waals surface area contributed by atoms with Crippen molar-refractivity contribution < 1.29 is 19.0 Å². The molecule has 2 aromatic heterocycles. The molecule has 1 aromatic carbocycles. The Morgan fingerprint density at radius 3 is 2.58 bits per heavy atom. The molecule has 0 saturated heterocycles. The molecule has 158 valence electrons. The maximum absolute atomic E-state index is 12.6. The number of benzene rings is 1. The molecule has 1 N–H and O–H groups in total. The molecule has 31 heavy (non-hydrogen) atoms. The second kappa shape index (κ2) is 8.59. The van der Waals surface area contributed by atoms with E-state index in [-0.39, 0.29) is 24.8 Å². The van der Waals surface area contributed by atoms with E-state index in [0.717, 1.165) is 48.5 Å². The van der Waals surface area contributed by atoms with Crippen molar-refractivity contribution in [2.45, 2.75) is 37.8 Å². The third-order valence-electron chi connectivity index (χ3n) is 5.49. The highest BCUT2D eigenvalue weighted by Gasteiger charge is 2.25. The Morgan fingerprint density at radius 2 is 1.81 bits per heavy atom. The van der Waals surface area contributed by atoms with E-state index in [1.165, 1.54) is 0 Å². The summed E-state index contributed by atoms with van der Waals surface area (Å²) in [6.45, 7) is 0.251. The second-order valence-electron chi connectivity index (χ2n) is 7.62. The van der Waals surface area contributed by atoms with Crippen molar-refractivity contribution in [2.24, 2.45) is 0 Å². The van der Waals surface area contributed by atoms with Gasteiger partial charge in [0.25, 0.3) is 5.91 Å². The van der Waals surface area contributed by atoms with Crippen molar-refractivity contribution in [2.75, 3.05) is 6.79 Å². The first-order valence-corrected chi connectivity index (χ1v) is 10.3. The van der Waals surface area contributed by atoms with Gasteiger partial charge in [-0.2, -0.15) is 0 Å². The Hall–Kier alpha value is -3.68. The summed E-state index contributed by atoms with van der Waals surface area (Å²) in [5, 5.41) is 3.09. The summed E-state index contributed by atoms with van der Waals surface area (Å²) in [5.74, 6) is 2.64. The Morgan fingerprint density at radius 1 is 1.00 bits per heavy atom. The van der Waals surface area contributed by atoms with Gasteiger partial charge in [-0.1, -0.05) is 0 Å². The molecular formula is C23H22N4O4. The lowest BCUT2D eigenvalue weighted by atomic mass is 9.92. The van der Waals surface area contributed by atoms with E-state index in [0.29, 0.717) is 11.4 Å². The number of hydrogen-bond donors (Lipinski definition) is 1. The molecule has 0 atom stereocenters. The predicted molar refractivity (Wildman–Crippen MR) is 112 cm³/mol.